The largest absolute Gasteiger partial charge is 0.481 e. The predicted molar refractivity (Wildman–Crippen MR) is 68.6 cm³/mol. The Balaban J connectivity index is 1.50. The van der Waals surface area contributed by atoms with Gasteiger partial charge in [-0.25, -0.2) is 0 Å². The van der Waals surface area contributed by atoms with Crippen LogP contribution in [0.1, 0.15) is 25.7 Å². The molecule has 0 aromatic carbocycles. The molecule has 6 unspecified atom stereocenters. The van der Waals surface area contributed by atoms with E-state index < -0.39 is 11.9 Å². The lowest BCUT2D eigenvalue weighted by atomic mass is 9.60. The van der Waals surface area contributed by atoms with Crippen molar-refractivity contribution < 1.29 is 19.8 Å². The standard InChI is InChI=1S/C16H20O4/c17-11(18)3-5-7-1-8-6(4-12(19)20)10-2-9(5)15-13(7)14(8)16(10)15/h5-10,13-16H,1-4H2,(H,17,18)(H,19,20)/t5?,6?,7-,8-,9-,10+,13?,14?,15?,16?/m1/s1. The SMILES string of the molecule is O=C(O)CC1[C@@H]2C[C@H]3C4C2C2C4[C@H](C[C@@H]21)C3CC(=O)O. The highest BCUT2D eigenvalue weighted by Gasteiger charge is 2.78. The zero-order valence-corrected chi connectivity index (χ0v) is 11.3. The van der Waals surface area contributed by atoms with Crippen LogP contribution in [0.15, 0.2) is 0 Å². The molecule has 4 heteroatoms. The Labute approximate surface area is 117 Å². The summed E-state index contributed by atoms with van der Waals surface area (Å²) in [5, 5.41) is 18.4. The average Bonchev–Trinajstić information content (AvgIpc) is 2.91. The average molecular weight is 276 g/mol. The molecule has 5 aliphatic rings. The van der Waals surface area contributed by atoms with Crippen LogP contribution in [0.2, 0.25) is 0 Å². The topological polar surface area (TPSA) is 74.6 Å². The van der Waals surface area contributed by atoms with E-state index in [1.54, 1.807) is 0 Å². The maximum atomic E-state index is 11.2. The second-order valence-corrected chi connectivity index (χ2v) is 7.96. The van der Waals surface area contributed by atoms with Gasteiger partial charge in [0.25, 0.3) is 0 Å². The molecule has 5 rings (SSSR count). The van der Waals surface area contributed by atoms with E-state index in [1.165, 1.54) is 0 Å². The van der Waals surface area contributed by atoms with Gasteiger partial charge < -0.3 is 10.2 Å². The van der Waals surface area contributed by atoms with Crippen molar-refractivity contribution in [3.8, 4) is 0 Å². The van der Waals surface area contributed by atoms with E-state index in [4.69, 9.17) is 0 Å². The van der Waals surface area contributed by atoms with E-state index >= 15 is 0 Å². The Hall–Kier alpha value is -1.06. The molecule has 20 heavy (non-hydrogen) atoms. The molecule has 0 amide bonds. The Morgan fingerprint density at radius 3 is 1.25 bits per heavy atom. The van der Waals surface area contributed by atoms with Gasteiger partial charge in [0.2, 0.25) is 0 Å². The molecule has 10 atom stereocenters. The highest BCUT2D eigenvalue weighted by atomic mass is 16.4. The lowest BCUT2D eigenvalue weighted by molar-refractivity contribution is -0.139. The number of rotatable bonds is 4. The van der Waals surface area contributed by atoms with Crippen LogP contribution in [0, 0.1) is 59.2 Å². The summed E-state index contributed by atoms with van der Waals surface area (Å²) in [7, 11) is 0. The van der Waals surface area contributed by atoms with Crippen molar-refractivity contribution in [2.75, 3.05) is 0 Å². The van der Waals surface area contributed by atoms with Crippen molar-refractivity contribution in [2.24, 2.45) is 59.2 Å². The Kier molecular flexibility index (Phi) is 1.97. The van der Waals surface area contributed by atoms with E-state index in [2.05, 4.69) is 0 Å². The normalized spacial score (nSPS) is 59.8. The molecule has 0 aromatic heterocycles. The number of hydrogen-bond acceptors (Lipinski definition) is 2. The van der Waals surface area contributed by atoms with Gasteiger partial charge in [0.05, 0.1) is 0 Å². The Bertz CT molecular complexity index is 433. The number of aliphatic carboxylic acids is 2. The molecule has 5 fully saturated rings. The van der Waals surface area contributed by atoms with Crippen LogP contribution in [-0.2, 0) is 9.59 Å². The van der Waals surface area contributed by atoms with Crippen molar-refractivity contribution in [1.29, 1.82) is 0 Å². The fraction of sp³-hybridized carbons (Fsp3) is 0.875. The molecule has 5 saturated carbocycles. The minimum atomic E-state index is -0.640. The summed E-state index contributed by atoms with van der Waals surface area (Å²) in [6, 6.07) is 0. The van der Waals surface area contributed by atoms with Gasteiger partial charge in [-0.1, -0.05) is 0 Å². The van der Waals surface area contributed by atoms with Gasteiger partial charge in [0, 0.05) is 12.8 Å². The van der Waals surface area contributed by atoms with E-state index in [-0.39, 0.29) is 0 Å². The first-order valence-electron chi connectivity index (χ1n) is 8.01. The molecule has 4 nitrogen and oxygen atoms in total. The summed E-state index contributed by atoms with van der Waals surface area (Å²) >= 11 is 0. The number of carbonyl (C=O) groups is 2. The Morgan fingerprint density at radius 1 is 0.700 bits per heavy atom. The molecule has 0 radical (unpaired) electrons. The molecule has 0 aliphatic heterocycles. The first-order valence-corrected chi connectivity index (χ1v) is 8.01. The molecule has 0 heterocycles. The third-order valence-corrected chi connectivity index (χ3v) is 7.86. The molecule has 2 N–H and O–H groups in total. The summed E-state index contributed by atoms with van der Waals surface area (Å²) in [5.74, 6) is 4.99. The first kappa shape index (κ1) is 11.6. The van der Waals surface area contributed by atoms with E-state index in [1.807, 2.05) is 0 Å². The number of carboxylic acids is 2. The van der Waals surface area contributed by atoms with Crippen LogP contribution in [0.3, 0.4) is 0 Å². The highest BCUT2D eigenvalue weighted by molar-refractivity contribution is 5.68. The summed E-state index contributed by atoms with van der Waals surface area (Å²) in [5.41, 5.74) is 0. The molecule has 0 spiro atoms. The maximum absolute atomic E-state index is 11.2. The summed E-state index contributed by atoms with van der Waals surface area (Å²) in [4.78, 5) is 22.3. The van der Waals surface area contributed by atoms with Crippen LogP contribution < -0.4 is 0 Å². The van der Waals surface area contributed by atoms with E-state index in [0.717, 1.165) is 36.5 Å². The van der Waals surface area contributed by atoms with Crippen molar-refractivity contribution >= 4 is 11.9 Å². The Morgan fingerprint density at radius 2 is 1.00 bits per heavy atom. The summed E-state index contributed by atoms with van der Waals surface area (Å²) in [6.45, 7) is 0. The molecule has 0 aromatic rings. The van der Waals surface area contributed by atoms with Gasteiger partial charge >= 0.3 is 11.9 Å². The van der Waals surface area contributed by atoms with Crippen LogP contribution in [-0.4, -0.2) is 22.2 Å². The van der Waals surface area contributed by atoms with Crippen LogP contribution in [0.5, 0.6) is 0 Å². The van der Waals surface area contributed by atoms with Crippen molar-refractivity contribution in [3.63, 3.8) is 0 Å². The van der Waals surface area contributed by atoms with Gasteiger partial charge in [-0.15, -0.1) is 0 Å². The zero-order chi connectivity index (χ0) is 13.8. The quantitative estimate of drug-likeness (QED) is 0.823. The van der Waals surface area contributed by atoms with Gasteiger partial charge in [0.15, 0.2) is 0 Å². The maximum Gasteiger partial charge on any atom is 0.303 e. The number of hydrogen-bond donors (Lipinski definition) is 2. The minimum Gasteiger partial charge on any atom is -0.481 e. The van der Waals surface area contributed by atoms with Gasteiger partial charge in [0.1, 0.15) is 0 Å². The molecule has 0 saturated heterocycles. The second kappa shape index (κ2) is 3.40. The molecular formula is C16H20O4. The third kappa shape index (κ3) is 1.09. The lowest BCUT2D eigenvalue weighted by Crippen LogP contribution is -2.41. The molecule has 108 valence electrons. The van der Waals surface area contributed by atoms with E-state index in [0.29, 0.717) is 48.3 Å². The van der Waals surface area contributed by atoms with Crippen LogP contribution in [0.4, 0.5) is 0 Å². The van der Waals surface area contributed by atoms with Gasteiger partial charge in [-0.05, 0) is 72.0 Å². The van der Waals surface area contributed by atoms with Crippen LogP contribution in [0.25, 0.3) is 0 Å². The third-order valence-electron chi connectivity index (χ3n) is 7.86. The lowest BCUT2D eigenvalue weighted by Gasteiger charge is -2.44. The second-order valence-electron chi connectivity index (χ2n) is 7.96. The van der Waals surface area contributed by atoms with Crippen molar-refractivity contribution in [3.05, 3.63) is 0 Å². The molecular weight excluding hydrogens is 256 g/mol. The monoisotopic (exact) mass is 276 g/mol. The highest BCUT2D eigenvalue weighted by Crippen LogP contribution is 2.83. The first-order chi connectivity index (χ1) is 9.58. The molecule has 0 bridgehead atoms. The molecule has 5 aliphatic carbocycles. The summed E-state index contributed by atoms with van der Waals surface area (Å²) in [6.07, 6.45) is 2.96. The zero-order valence-electron chi connectivity index (χ0n) is 11.3. The summed E-state index contributed by atoms with van der Waals surface area (Å²) < 4.78 is 0. The fourth-order valence-corrected chi connectivity index (χ4v) is 7.91. The van der Waals surface area contributed by atoms with Gasteiger partial charge in [-0.2, -0.15) is 0 Å². The van der Waals surface area contributed by atoms with Crippen molar-refractivity contribution in [1.82, 2.24) is 0 Å². The van der Waals surface area contributed by atoms with Gasteiger partial charge in [-0.3, -0.25) is 9.59 Å². The van der Waals surface area contributed by atoms with Crippen molar-refractivity contribution in [2.45, 2.75) is 25.7 Å². The fourth-order valence-electron chi connectivity index (χ4n) is 7.91. The number of carboxylic acid groups (broad SMARTS) is 2. The van der Waals surface area contributed by atoms with E-state index in [9.17, 15) is 19.8 Å². The minimum absolute atomic E-state index is 0.352. The predicted octanol–water partition coefficient (Wildman–Crippen LogP) is 1.95. The smallest absolute Gasteiger partial charge is 0.303 e. The van der Waals surface area contributed by atoms with Crippen LogP contribution >= 0.6 is 0 Å².